The third kappa shape index (κ3) is 4.91. The van der Waals surface area contributed by atoms with E-state index in [0.29, 0.717) is 0 Å². The van der Waals surface area contributed by atoms with Crippen molar-refractivity contribution in [2.45, 2.75) is 37.0 Å². The van der Waals surface area contributed by atoms with Gasteiger partial charge in [0.25, 0.3) is 0 Å². The Labute approximate surface area is 188 Å². The van der Waals surface area contributed by atoms with Crippen molar-refractivity contribution in [3.8, 4) is 0 Å². The molecule has 0 amide bonds. The Bertz CT molecular complexity index is 1150. The molecule has 3 aromatic rings. The van der Waals surface area contributed by atoms with Crippen molar-refractivity contribution in [1.29, 1.82) is 0 Å². The van der Waals surface area contributed by atoms with E-state index in [4.69, 9.17) is 9.47 Å². The first-order valence-electron chi connectivity index (χ1n) is 10.4. The first-order chi connectivity index (χ1) is 15.4. The molecule has 3 aromatic carbocycles. The molecular formula is C25H25NO5S. The fraction of sp³-hybridized carbons (Fsp3) is 0.240. The van der Waals surface area contributed by atoms with Crippen molar-refractivity contribution in [3.63, 3.8) is 0 Å². The Hall–Kier alpha value is -3.00. The van der Waals surface area contributed by atoms with E-state index in [-0.39, 0.29) is 24.7 Å². The highest BCUT2D eigenvalue weighted by molar-refractivity contribution is 7.89. The number of aryl methyl sites for hydroxylation is 1. The molecule has 1 aliphatic rings. The predicted molar refractivity (Wildman–Crippen MR) is 120 cm³/mol. The van der Waals surface area contributed by atoms with Crippen LogP contribution in [0.3, 0.4) is 0 Å². The predicted octanol–water partition coefficient (Wildman–Crippen LogP) is 4.22. The highest BCUT2D eigenvalue weighted by Crippen LogP contribution is 2.34. The average molecular weight is 452 g/mol. The summed E-state index contributed by atoms with van der Waals surface area (Å²) in [7, 11) is -3.91. The molecule has 32 heavy (non-hydrogen) atoms. The van der Waals surface area contributed by atoms with E-state index in [2.05, 4.69) is 0 Å². The summed E-state index contributed by atoms with van der Waals surface area (Å²) in [5, 5.41) is 0. The van der Waals surface area contributed by atoms with E-state index in [0.717, 1.165) is 16.7 Å². The van der Waals surface area contributed by atoms with Gasteiger partial charge in [-0.2, -0.15) is 4.31 Å². The largest absolute Gasteiger partial charge is 0.448 e. The molecule has 166 valence electrons. The molecule has 1 heterocycles. The van der Waals surface area contributed by atoms with Crippen LogP contribution in [-0.4, -0.2) is 31.5 Å². The molecule has 0 N–H and O–H groups in total. The number of esters is 1. The highest BCUT2D eigenvalue weighted by atomic mass is 32.2. The van der Waals surface area contributed by atoms with Crippen LogP contribution in [0.1, 0.15) is 29.2 Å². The Morgan fingerprint density at radius 3 is 2.25 bits per heavy atom. The van der Waals surface area contributed by atoms with Crippen molar-refractivity contribution in [1.82, 2.24) is 4.31 Å². The van der Waals surface area contributed by atoms with Crippen LogP contribution in [0.2, 0.25) is 0 Å². The first kappa shape index (κ1) is 22.2. The van der Waals surface area contributed by atoms with Gasteiger partial charge in [-0.05, 0) is 30.2 Å². The number of hydrogen-bond acceptors (Lipinski definition) is 5. The lowest BCUT2D eigenvalue weighted by molar-refractivity contribution is -0.159. The summed E-state index contributed by atoms with van der Waals surface area (Å²) < 4.78 is 39.7. The first-order valence-corrected chi connectivity index (χ1v) is 11.8. The minimum atomic E-state index is -3.91. The van der Waals surface area contributed by atoms with E-state index in [1.165, 1.54) is 4.31 Å². The second-order valence-electron chi connectivity index (χ2n) is 7.75. The lowest BCUT2D eigenvalue weighted by atomic mass is 9.99. The zero-order valence-electron chi connectivity index (χ0n) is 17.8. The molecule has 1 fully saturated rings. The molecule has 0 aromatic heterocycles. The summed E-state index contributed by atoms with van der Waals surface area (Å²) in [5.41, 5.74) is 2.71. The number of cyclic esters (lactones) is 1. The van der Waals surface area contributed by atoms with Crippen LogP contribution in [0.5, 0.6) is 0 Å². The quantitative estimate of drug-likeness (QED) is 0.503. The van der Waals surface area contributed by atoms with Crippen molar-refractivity contribution in [3.05, 3.63) is 102 Å². The van der Waals surface area contributed by atoms with Gasteiger partial charge in [0.1, 0.15) is 6.10 Å². The Balaban J connectivity index is 1.70. The van der Waals surface area contributed by atoms with Crippen LogP contribution in [0.25, 0.3) is 0 Å². The zero-order valence-corrected chi connectivity index (χ0v) is 18.6. The van der Waals surface area contributed by atoms with Crippen LogP contribution in [0, 0.1) is 6.92 Å². The summed E-state index contributed by atoms with van der Waals surface area (Å²) in [4.78, 5) is 12.4. The van der Waals surface area contributed by atoms with E-state index < -0.39 is 28.1 Å². The average Bonchev–Trinajstić information content (AvgIpc) is 2.81. The molecule has 4 rings (SSSR count). The van der Waals surface area contributed by atoms with E-state index in [9.17, 15) is 13.2 Å². The summed E-state index contributed by atoms with van der Waals surface area (Å²) in [5.74, 6) is -0.449. The molecule has 0 spiro atoms. The highest BCUT2D eigenvalue weighted by Gasteiger charge is 2.42. The smallest absolute Gasteiger partial charge is 0.308 e. The molecule has 7 heteroatoms. The van der Waals surface area contributed by atoms with E-state index in [1.54, 1.807) is 24.3 Å². The third-order valence-electron chi connectivity index (χ3n) is 5.48. The van der Waals surface area contributed by atoms with Crippen molar-refractivity contribution >= 4 is 16.0 Å². The fourth-order valence-corrected chi connectivity index (χ4v) is 5.23. The molecule has 0 aliphatic carbocycles. The SMILES string of the molecule is Cc1ccc(S(=O)(=O)N2COC(=O)C[C@H]2[C@@H](OCc2ccccc2)c2ccccc2)cc1. The molecule has 0 saturated carbocycles. The van der Waals surface area contributed by atoms with Crippen molar-refractivity contribution < 1.29 is 22.7 Å². The van der Waals surface area contributed by atoms with Gasteiger partial charge in [-0.25, -0.2) is 8.42 Å². The van der Waals surface area contributed by atoms with Gasteiger partial charge in [0.05, 0.1) is 24.0 Å². The fourth-order valence-electron chi connectivity index (χ4n) is 3.75. The molecular weight excluding hydrogens is 426 g/mol. The number of ether oxygens (including phenoxy) is 2. The van der Waals surface area contributed by atoms with Gasteiger partial charge in [-0.15, -0.1) is 0 Å². The molecule has 1 saturated heterocycles. The Morgan fingerprint density at radius 2 is 1.59 bits per heavy atom. The lowest BCUT2D eigenvalue weighted by Gasteiger charge is -2.38. The Morgan fingerprint density at radius 1 is 0.969 bits per heavy atom. The number of carbonyl (C=O) groups excluding carboxylic acids is 1. The van der Waals surface area contributed by atoms with Gasteiger partial charge >= 0.3 is 5.97 Å². The summed E-state index contributed by atoms with van der Waals surface area (Å²) in [6, 6.07) is 24.9. The van der Waals surface area contributed by atoms with E-state index >= 15 is 0 Å². The van der Waals surface area contributed by atoms with Gasteiger partial charge < -0.3 is 9.47 Å². The lowest BCUT2D eigenvalue weighted by Crippen LogP contribution is -2.50. The van der Waals surface area contributed by atoms with Crippen LogP contribution >= 0.6 is 0 Å². The number of sulfonamides is 1. The number of benzene rings is 3. The normalized spacial score (nSPS) is 18.2. The topological polar surface area (TPSA) is 72.9 Å². The van der Waals surface area contributed by atoms with Crippen molar-refractivity contribution in [2.75, 3.05) is 6.73 Å². The van der Waals surface area contributed by atoms with Gasteiger partial charge in [-0.1, -0.05) is 78.4 Å². The molecule has 1 aliphatic heterocycles. The maximum atomic E-state index is 13.5. The number of rotatable bonds is 7. The second-order valence-corrected chi connectivity index (χ2v) is 9.64. The standard InChI is InChI=1S/C25H25NO5S/c1-19-12-14-22(15-13-19)32(28,29)26-18-31-24(27)16-23(26)25(21-10-6-3-7-11-21)30-17-20-8-4-2-5-9-20/h2-15,23,25H,16-18H2,1H3/t23-,25-/m0/s1. The van der Waals surface area contributed by atoms with Crippen molar-refractivity contribution in [2.24, 2.45) is 0 Å². The minimum absolute atomic E-state index is 0.0978. The summed E-state index contributed by atoms with van der Waals surface area (Å²) in [6.45, 7) is 1.83. The molecule has 0 radical (unpaired) electrons. The maximum Gasteiger partial charge on any atom is 0.308 e. The number of hydrogen-bond donors (Lipinski definition) is 0. The van der Waals surface area contributed by atoms with Crippen LogP contribution in [0.15, 0.2) is 89.8 Å². The number of nitrogens with zero attached hydrogens (tertiary/aromatic N) is 1. The monoisotopic (exact) mass is 451 g/mol. The molecule has 0 unspecified atom stereocenters. The maximum absolute atomic E-state index is 13.5. The number of carbonyl (C=O) groups is 1. The van der Waals surface area contributed by atoms with Crippen LogP contribution in [0.4, 0.5) is 0 Å². The third-order valence-corrected chi connectivity index (χ3v) is 7.34. The van der Waals surface area contributed by atoms with Gasteiger partial charge in [0.15, 0.2) is 6.73 Å². The molecule has 2 atom stereocenters. The minimum Gasteiger partial charge on any atom is -0.448 e. The van der Waals surface area contributed by atoms with Gasteiger partial charge in [0.2, 0.25) is 10.0 Å². The molecule has 6 nitrogen and oxygen atoms in total. The van der Waals surface area contributed by atoms with Gasteiger partial charge in [0, 0.05) is 0 Å². The Kier molecular flexibility index (Phi) is 6.69. The molecule has 0 bridgehead atoms. The summed E-state index contributed by atoms with van der Waals surface area (Å²) >= 11 is 0. The van der Waals surface area contributed by atoms with E-state index in [1.807, 2.05) is 67.6 Å². The zero-order chi connectivity index (χ0) is 22.6. The second kappa shape index (κ2) is 9.65. The summed E-state index contributed by atoms with van der Waals surface area (Å²) in [6.07, 6.45) is -0.746. The van der Waals surface area contributed by atoms with Gasteiger partial charge in [-0.3, -0.25) is 4.79 Å². The van der Waals surface area contributed by atoms with Crippen LogP contribution in [-0.2, 0) is 30.9 Å². The van der Waals surface area contributed by atoms with Crippen LogP contribution < -0.4 is 0 Å².